The van der Waals surface area contributed by atoms with Gasteiger partial charge in [0, 0.05) is 13.1 Å². The molecule has 0 aliphatic carbocycles. The number of nitrogens with one attached hydrogen (secondary N) is 2. The summed E-state index contributed by atoms with van der Waals surface area (Å²) in [6.07, 6.45) is 1.55. The number of carbonyl (C=O) groups is 1. The van der Waals surface area contributed by atoms with Gasteiger partial charge in [-0.15, -0.1) is 0 Å². The van der Waals surface area contributed by atoms with Gasteiger partial charge in [-0.25, -0.2) is 0 Å². The maximum absolute atomic E-state index is 10.0. The van der Waals surface area contributed by atoms with E-state index in [1.165, 1.54) is 0 Å². The Kier molecular flexibility index (Phi) is 6.64. The lowest BCUT2D eigenvalue weighted by Crippen LogP contribution is -2.27. The van der Waals surface area contributed by atoms with Crippen LogP contribution in [0.4, 0.5) is 0 Å². The molecule has 1 rings (SSSR count). The highest BCUT2D eigenvalue weighted by atomic mass is 16.5. The first-order valence-electron chi connectivity index (χ1n) is 5.91. The van der Waals surface area contributed by atoms with Crippen LogP contribution in [0.15, 0.2) is 18.2 Å². The number of amides is 1. The molecule has 0 unspecified atom stereocenters. The minimum atomic E-state index is 0.638. The molecule has 0 heterocycles. The van der Waals surface area contributed by atoms with Crippen molar-refractivity contribution in [1.29, 1.82) is 0 Å². The van der Waals surface area contributed by atoms with Crippen LogP contribution in [0.2, 0.25) is 0 Å². The monoisotopic (exact) mass is 252 g/mol. The highest BCUT2D eigenvalue weighted by molar-refractivity contribution is 5.46. The normalized spacial score (nSPS) is 9.89. The second-order valence-corrected chi connectivity index (χ2v) is 3.72. The van der Waals surface area contributed by atoms with E-state index in [2.05, 4.69) is 10.6 Å². The highest BCUT2D eigenvalue weighted by Gasteiger charge is 2.08. The van der Waals surface area contributed by atoms with Gasteiger partial charge in [-0.2, -0.15) is 0 Å². The van der Waals surface area contributed by atoms with E-state index in [0.29, 0.717) is 13.0 Å². The molecule has 0 atom stereocenters. The first-order valence-corrected chi connectivity index (χ1v) is 5.91. The molecule has 0 saturated heterocycles. The number of benzene rings is 1. The predicted molar refractivity (Wildman–Crippen MR) is 70.2 cm³/mol. The summed E-state index contributed by atoms with van der Waals surface area (Å²) in [5.74, 6) is 1.53. The summed E-state index contributed by atoms with van der Waals surface area (Å²) in [6, 6.07) is 5.85. The number of hydrogen-bond donors (Lipinski definition) is 2. The first-order chi connectivity index (χ1) is 8.83. The van der Waals surface area contributed by atoms with E-state index in [0.717, 1.165) is 36.6 Å². The van der Waals surface area contributed by atoms with Gasteiger partial charge >= 0.3 is 0 Å². The Morgan fingerprint density at radius 1 is 1.17 bits per heavy atom. The van der Waals surface area contributed by atoms with Crippen LogP contribution in [0, 0.1) is 0 Å². The summed E-state index contributed by atoms with van der Waals surface area (Å²) in [4.78, 5) is 10.0. The van der Waals surface area contributed by atoms with Crippen LogP contribution >= 0.6 is 0 Å². The Hall–Kier alpha value is -1.75. The van der Waals surface area contributed by atoms with Crippen molar-refractivity contribution >= 4 is 6.41 Å². The van der Waals surface area contributed by atoms with Gasteiger partial charge in [0.25, 0.3) is 0 Å². The molecule has 0 aliphatic rings. The largest absolute Gasteiger partial charge is 0.493 e. The summed E-state index contributed by atoms with van der Waals surface area (Å²) >= 11 is 0. The maximum atomic E-state index is 10.0. The molecule has 100 valence electrons. The second-order valence-electron chi connectivity index (χ2n) is 3.72. The minimum Gasteiger partial charge on any atom is -0.493 e. The van der Waals surface area contributed by atoms with E-state index in [4.69, 9.17) is 9.47 Å². The number of rotatable bonds is 9. The number of para-hydroxylation sites is 1. The van der Waals surface area contributed by atoms with Gasteiger partial charge < -0.3 is 20.1 Å². The van der Waals surface area contributed by atoms with Gasteiger partial charge in [-0.1, -0.05) is 12.1 Å². The van der Waals surface area contributed by atoms with Crippen LogP contribution in [0.25, 0.3) is 0 Å². The molecule has 1 aromatic rings. The molecule has 18 heavy (non-hydrogen) atoms. The quantitative estimate of drug-likeness (QED) is 0.498. The van der Waals surface area contributed by atoms with E-state index in [1.54, 1.807) is 14.2 Å². The average molecular weight is 252 g/mol. The molecule has 0 aromatic heterocycles. The minimum absolute atomic E-state index is 0.638. The van der Waals surface area contributed by atoms with Gasteiger partial charge in [-0.05, 0) is 24.6 Å². The third-order valence-corrected chi connectivity index (χ3v) is 2.59. The van der Waals surface area contributed by atoms with Crippen molar-refractivity contribution in [3.8, 4) is 11.5 Å². The van der Waals surface area contributed by atoms with E-state index in [1.807, 2.05) is 18.2 Å². The fourth-order valence-corrected chi connectivity index (χ4v) is 1.72. The van der Waals surface area contributed by atoms with Crippen molar-refractivity contribution in [1.82, 2.24) is 10.6 Å². The summed E-state index contributed by atoms with van der Waals surface area (Å²) in [5, 5.41) is 5.84. The van der Waals surface area contributed by atoms with Crippen molar-refractivity contribution in [2.75, 3.05) is 33.9 Å². The zero-order chi connectivity index (χ0) is 13.2. The third kappa shape index (κ3) is 4.25. The average Bonchev–Trinajstić information content (AvgIpc) is 2.42. The molecule has 0 saturated carbocycles. The summed E-state index contributed by atoms with van der Waals surface area (Å²) in [7, 11) is 3.27. The van der Waals surface area contributed by atoms with Crippen LogP contribution < -0.4 is 20.1 Å². The van der Waals surface area contributed by atoms with Gasteiger partial charge in [0.15, 0.2) is 11.5 Å². The first kappa shape index (κ1) is 14.3. The highest BCUT2D eigenvalue weighted by Crippen LogP contribution is 2.30. The Morgan fingerprint density at radius 2 is 2.00 bits per heavy atom. The predicted octanol–water partition coefficient (Wildman–Crippen LogP) is 0.582. The van der Waals surface area contributed by atoms with Crippen molar-refractivity contribution in [2.45, 2.75) is 6.42 Å². The SMILES string of the molecule is COc1cccc(CCNCCNC=O)c1OC. The molecule has 1 amide bonds. The van der Waals surface area contributed by atoms with Gasteiger partial charge in [0.1, 0.15) is 0 Å². The fraction of sp³-hybridized carbons (Fsp3) is 0.462. The van der Waals surface area contributed by atoms with Gasteiger partial charge in [-0.3, -0.25) is 4.79 Å². The van der Waals surface area contributed by atoms with Crippen molar-refractivity contribution in [3.63, 3.8) is 0 Å². The number of ether oxygens (including phenoxy) is 2. The Balaban J connectivity index is 2.44. The standard InChI is InChI=1S/C13H20N2O3/c1-17-12-5-3-4-11(13(12)18-2)6-7-14-8-9-15-10-16/h3-5,10,14H,6-9H2,1-2H3,(H,15,16). The summed E-state index contributed by atoms with van der Waals surface area (Å²) < 4.78 is 10.6. The Bertz CT molecular complexity index is 369. The molecular weight excluding hydrogens is 232 g/mol. The summed E-state index contributed by atoms with van der Waals surface area (Å²) in [5.41, 5.74) is 1.10. The molecule has 0 aliphatic heterocycles. The molecule has 0 bridgehead atoms. The molecule has 2 N–H and O–H groups in total. The van der Waals surface area contributed by atoms with Crippen LogP contribution in [-0.4, -0.2) is 40.3 Å². The van der Waals surface area contributed by atoms with E-state index < -0.39 is 0 Å². The van der Waals surface area contributed by atoms with Gasteiger partial charge in [0.05, 0.1) is 14.2 Å². The Labute approximate surface area is 107 Å². The lowest BCUT2D eigenvalue weighted by atomic mass is 10.1. The lowest BCUT2D eigenvalue weighted by Gasteiger charge is -2.12. The zero-order valence-corrected chi connectivity index (χ0v) is 10.9. The van der Waals surface area contributed by atoms with Gasteiger partial charge in [0.2, 0.25) is 6.41 Å². The van der Waals surface area contributed by atoms with Crippen LogP contribution in [0.5, 0.6) is 11.5 Å². The molecule has 1 aromatic carbocycles. The molecule has 5 heteroatoms. The van der Waals surface area contributed by atoms with Crippen LogP contribution in [-0.2, 0) is 11.2 Å². The maximum Gasteiger partial charge on any atom is 0.207 e. The summed E-state index contributed by atoms with van der Waals surface area (Å²) in [6.45, 7) is 2.22. The number of hydrogen-bond acceptors (Lipinski definition) is 4. The molecule has 5 nitrogen and oxygen atoms in total. The fourth-order valence-electron chi connectivity index (χ4n) is 1.72. The molecule has 0 spiro atoms. The molecule has 0 radical (unpaired) electrons. The van der Waals surface area contributed by atoms with Crippen molar-refractivity contribution in [2.24, 2.45) is 0 Å². The number of carbonyl (C=O) groups excluding carboxylic acids is 1. The van der Waals surface area contributed by atoms with E-state index in [-0.39, 0.29) is 0 Å². The lowest BCUT2D eigenvalue weighted by molar-refractivity contribution is -0.109. The van der Waals surface area contributed by atoms with Crippen molar-refractivity contribution < 1.29 is 14.3 Å². The number of methoxy groups -OCH3 is 2. The van der Waals surface area contributed by atoms with E-state index in [9.17, 15) is 4.79 Å². The topological polar surface area (TPSA) is 59.6 Å². The molecule has 0 fully saturated rings. The zero-order valence-electron chi connectivity index (χ0n) is 10.9. The van der Waals surface area contributed by atoms with Crippen molar-refractivity contribution in [3.05, 3.63) is 23.8 Å². The van der Waals surface area contributed by atoms with E-state index >= 15 is 0 Å². The Morgan fingerprint density at radius 3 is 2.67 bits per heavy atom. The van der Waals surface area contributed by atoms with Crippen LogP contribution in [0.3, 0.4) is 0 Å². The smallest absolute Gasteiger partial charge is 0.207 e. The van der Waals surface area contributed by atoms with Crippen LogP contribution in [0.1, 0.15) is 5.56 Å². The second kappa shape index (κ2) is 8.36. The molecular formula is C13H20N2O3. The third-order valence-electron chi connectivity index (χ3n) is 2.59.